The molecule has 0 unspecified atom stereocenters. The van der Waals surface area contributed by atoms with Gasteiger partial charge >= 0.3 is 0 Å². The summed E-state index contributed by atoms with van der Waals surface area (Å²) in [6, 6.07) is 9.71. The summed E-state index contributed by atoms with van der Waals surface area (Å²) in [5, 5.41) is 0.698. The Morgan fingerprint density at radius 1 is 0.967 bits per heavy atom. The first-order valence-electron chi connectivity index (χ1n) is 10.0. The van der Waals surface area contributed by atoms with Crippen LogP contribution in [0.2, 0.25) is 5.02 Å². The molecule has 1 aromatic heterocycles. The Morgan fingerprint density at radius 2 is 1.63 bits per heavy atom. The average Bonchev–Trinajstić information content (AvgIpc) is 2.73. The third kappa shape index (κ3) is 3.56. The summed E-state index contributed by atoms with van der Waals surface area (Å²) in [5.41, 5.74) is 5.43. The normalized spacial score (nSPS) is 14.4. The number of carbonyl (C=O) groups is 1. The zero-order valence-electron chi connectivity index (χ0n) is 17.7. The molecule has 1 aliphatic rings. The second kappa shape index (κ2) is 7.76. The van der Waals surface area contributed by atoms with Crippen molar-refractivity contribution >= 4 is 34.2 Å². The molecule has 7 heteroatoms. The molecule has 1 saturated heterocycles. The Balaban J connectivity index is 1.59. The van der Waals surface area contributed by atoms with Crippen molar-refractivity contribution in [2.75, 3.05) is 31.1 Å². The standard InChI is InChI=1S/C23H25ClN4O2/c1-14-5-6-17(24)13-19(14)27-7-9-28(10-8-27)23(30)21-22(29)26(4)20-12-16(3)15(2)11-18(20)25-21/h5-6,11-13H,7-10H2,1-4H3. The number of fused-ring (bicyclic) bond motifs is 1. The van der Waals surface area contributed by atoms with Gasteiger partial charge in [0.2, 0.25) is 0 Å². The molecule has 0 atom stereocenters. The third-order valence-electron chi connectivity index (χ3n) is 5.97. The first-order chi connectivity index (χ1) is 14.3. The number of aromatic nitrogens is 2. The number of aryl methyl sites for hydroxylation is 4. The van der Waals surface area contributed by atoms with Crippen LogP contribution >= 0.6 is 11.6 Å². The van der Waals surface area contributed by atoms with E-state index in [1.165, 1.54) is 4.57 Å². The number of carbonyl (C=O) groups excluding carboxylic acids is 1. The molecule has 0 saturated carbocycles. The SMILES string of the molecule is Cc1cc2nc(C(=O)N3CCN(c4cc(Cl)ccc4C)CC3)c(=O)n(C)c2cc1C. The van der Waals surface area contributed by atoms with Gasteiger partial charge in [-0.05, 0) is 61.7 Å². The summed E-state index contributed by atoms with van der Waals surface area (Å²) >= 11 is 6.16. The predicted molar refractivity (Wildman–Crippen MR) is 121 cm³/mol. The van der Waals surface area contributed by atoms with Gasteiger partial charge in [0.25, 0.3) is 11.5 Å². The minimum Gasteiger partial charge on any atom is -0.368 e. The lowest BCUT2D eigenvalue weighted by atomic mass is 10.1. The predicted octanol–water partition coefficient (Wildman–Crippen LogP) is 3.47. The number of benzene rings is 2. The summed E-state index contributed by atoms with van der Waals surface area (Å²) in [6.07, 6.45) is 0. The van der Waals surface area contributed by atoms with Crippen molar-refractivity contribution in [3.63, 3.8) is 0 Å². The maximum absolute atomic E-state index is 13.1. The Labute approximate surface area is 180 Å². The van der Waals surface area contributed by atoms with Crippen LogP contribution in [-0.2, 0) is 7.05 Å². The highest BCUT2D eigenvalue weighted by molar-refractivity contribution is 6.30. The smallest absolute Gasteiger partial charge is 0.282 e. The Morgan fingerprint density at radius 3 is 2.33 bits per heavy atom. The van der Waals surface area contributed by atoms with E-state index in [1.54, 1.807) is 11.9 Å². The molecule has 2 aromatic carbocycles. The van der Waals surface area contributed by atoms with E-state index in [-0.39, 0.29) is 17.2 Å². The average molecular weight is 425 g/mol. The fraction of sp³-hybridized carbons (Fsp3) is 0.348. The van der Waals surface area contributed by atoms with Crippen molar-refractivity contribution in [2.24, 2.45) is 7.05 Å². The Hall–Kier alpha value is -2.86. The fourth-order valence-corrected chi connectivity index (χ4v) is 4.11. The van der Waals surface area contributed by atoms with Gasteiger partial charge in [0, 0.05) is 43.9 Å². The number of halogens is 1. The van der Waals surface area contributed by atoms with Gasteiger partial charge in [0.15, 0.2) is 5.69 Å². The van der Waals surface area contributed by atoms with Crippen LogP contribution in [0.1, 0.15) is 27.2 Å². The van der Waals surface area contributed by atoms with E-state index in [0.29, 0.717) is 36.7 Å². The molecule has 0 radical (unpaired) electrons. The van der Waals surface area contributed by atoms with Crippen LogP contribution in [0.15, 0.2) is 35.1 Å². The molecule has 6 nitrogen and oxygen atoms in total. The maximum atomic E-state index is 13.1. The van der Waals surface area contributed by atoms with Crippen molar-refractivity contribution in [1.29, 1.82) is 0 Å². The largest absolute Gasteiger partial charge is 0.368 e. The van der Waals surface area contributed by atoms with Gasteiger partial charge in [-0.1, -0.05) is 17.7 Å². The Bertz CT molecular complexity index is 1210. The van der Waals surface area contributed by atoms with E-state index in [2.05, 4.69) is 16.8 Å². The van der Waals surface area contributed by atoms with Crippen LogP contribution in [0, 0.1) is 20.8 Å². The molecule has 0 spiro atoms. The molecule has 1 fully saturated rings. The first-order valence-corrected chi connectivity index (χ1v) is 10.4. The van der Waals surface area contributed by atoms with Gasteiger partial charge in [-0.2, -0.15) is 0 Å². The molecule has 1 amide bonds. The zero-order chi connectivity index (χ0) is 21.6. The third-order valence-corrected chi connectivity index (χ3v) is 6.21. The topological polar surface area (TPSA) is 58.4 Å². The summed E-state index contributed by atoms with van der Waals surface area (Å²) in [6.45, 7) is 8.47. The van der Waals surface area contributed by atoms with Crippen molar-refractivity contribution in [2.45, 2.75) is 20.8 Å². The van der Waals surface area contributed by atoms with Crippen molar-refractivity contribution in [1.82, 2.24) is 14.5 Å². The molecule has 4 rings (SSSR count). The number of hydrogen-bond acceptors (Lipinski definition) is 4. The van der Waals surface area contributed by atoms with Gasteiger partial charge in [0.1, 0.15) is 0 Å². The quantitative estimate of drug-likeness (QED) is 0.632. The molecular formula is C23H25ClN4O2. The molecule has 30 heavy (non-hydrogen) atoms. The number of amides is 1. The summed E-state index contributed by atoms with van der Waals surface area (Å²) in [7, 11) is 1.69. The lowest BCUT2D eigenvalue weighted by Crippen LogP contribution is -2.50. The van der Waals surface area contributed by atoms with Gasteiger partial charge in [-0.3, -0.25) is 9.59 Å². The lowest BCUT2D eigenvalue weighted by Gasteiger charge is -2.36. The monoisotopic (exact) mass is 424 g/mol. The van der Waals surface area contributed by atoms with Crippen LogP contribution < -0.4 is 10.5 Å². The maximum Gasteiger partial charge on any atom is 0.282 e. The van der Waals surface area contributed by atoms with E-state index < -0.39 is 0 Å². The number of nitrogens with zero attached hydrogens (tertiary/aromatic N) is 4. The van der Waals surface area contributed by atoms with Crippen LogP contribution in [-0.4, -0.2) is 46.5 Å². The number of rotatable bonds is 2. The minimum atomic E-state index is -0.358. The van der Waals surface area contributed by atoms with Crippen LogP contribution in [0.25, 0.3) is 11.0 Å². The van der Waals surface area contributed by atoms with Crippen molar-refractivity contribution < 1.29 is 4.79 Å². The number of piperazine rings is 1. The minimum absolute atomic E-state index is 0.0133. The van der Waals surface area contributed by atoms with Crippen LogP contribution in [0.3, 0.4) is 0 Å². The van der Waals surface area contributed by atoms with E-state index in [4.69, 9.17) is 11.6 Å². The molecular weight excluding hydrogens is 400 g/mol. The van der Waals surface area contributed by atoms with Gasteiger partial charge in [-0.25, -0.2) is 4.98 Å². The summed E-state index contributed by atoms with van der Waals surface area (Å²) < 4.78 is 1.52. The molecule has 0 bridgehead atoms. The van der Waals surface area contributed by atoms with E-state index in [9.17, 15) is 9.59 Å². The summed E-state index contributed by atoms with van der Waals surface area (Å²) in [4.78, 5) is 34.4. The number of anilines is 1. The molecule has 3 aromatic rings. The van der Waals surface area contributed by atoms with Crippen LogP contribution in [0.4, 0.5) is 5.69 Å². The highest BCUT2D eigenvalue weighted by atomic mass is 35.5. The number of hydrogen-bond donors (Lipinski definition) is 0. The second-order valence-corrected chi connectivity index (χ2v) is 8.40. The molecule has 2 heterocycles. The van der Waals surface area contributed by atoms with E-state index >= 15 is 0 Å². The molecule has 0 N–H and O–H groups in total. The Kier molecular flexibility index (Phi) is 5.28. The zero-order valence-corrected chi connectivity index (χ0v) is 18.5. The molecule has 0 aliphatic carbocycles. The lowest BCUT2D eigenvalue weighted by molar-refractivity contribution is 0.0738. The fourth-order valence-electron chi connectivity index (χ4n) is 3.94. The van der Waals surface area contributed by atoms with Crippen molar-refractivity contribution in [3.8, 4) is 0 Å². The highest BCUT2D eigenvalue weighted by Crippen LogP contribution is 2.25. The highest BCUT2D eigenvalue weighted by Gasteiger charge is 2.26. The second-order valence-electron chi connectivity index (χ2n) is 7.96. The van der Waals surface area contributed by atoms with Gasteiger partial charge < -0.3 is 14.4 Å². The van der Waals surface area contributed by atoms with Crippen LogP contribution in [0.5, 0.6) is 0 Å². The molecule has 156 valence electrons. The van der Waals surface area contributed by atoms with Crippen molar-refractivity contribution in [3.05, 3.63) is 68.1 Å². The molecule has 1 aliphatic heterocycles. The van der Waals surface area contributed by atoms with Gasteiger partial charge in [-0.15, -0.1) is 0 Å². The van der Waals surface area contributed by atoms with E-state index in [0.717, 1.165) is 27.9 Å². The van der Waals surface area contributed by atoms with Gasteiger partial charge in [0.05, 0.1) is 11.0 Å². The summed E-state index contributed by atoms with van der Waals surface area (Å²) in [5.74, 6) is -0.307. The van der Waals surface area contributed by atoms with E-state index in [1.807, 2.05) is 44.2 Å². The first kappa shape index (κ1) is 20.4.